The highest BCUT2D eigenvalue weighted by atomic mass is 35.5. The van der Waals surface area contributed by atoms with Crippen molar-refractivity contribution in [3.8, 4) is 0 Å². The van der Waals surface area contributed by atoms with E-state index in [1.807, 2.05) is 12.1 Å². The van der Waals surface area contributed by atoms with Crippen molar-refractivity contribution in [1.82, 2.24) is 15.0 Å². The van der Waals surface area contributed by atoms with Crippen LogP contribution >= 0.6 is 34.5 Å². The minimum atomic E-state index is 0.431. The maximum atomic E-state index is 6.08. The Hall–Kier alpha value is -2.41. The molecule has 0 radical (unpaired) electrons. The number of rotatable bonds is 5. The molecule has 142 valence electrons. The zero-order chi connectivity index (χ0) is 19.7. The van der Waals surface area contributed by atoms with Crippen LogP contribution < -0.4 is 5.32 Å². The van der Waals surface area contributed by atoms with Gasteiger partial charge in [-0.3, -0.25) is 0 Å². The highest BCUT2D eigenvalue weighted by Gasteiger charge is 2.09. The van der Waals surface area contributed by atoms with Crippen LogP contribution in [-0.2, 0) is 6.54 Å². The van der Waals surface area contributed by atoms with E-state index in [1.54, 1.807) is 12.1 Å². The summed E-state index contributed by atoms with van der Waals surface area (Å²) in [6.07, 6.45) is 1.51. The summed E-state index contributed by atoms with van der Waals surface area (Å²) < 4.78 is 0. The molecule has 0 fully saturated rings. The molecule has 0 bridgehead atoms. The molecular formula is C20H16Cl2N5S-. The largest absolute Gasteiger partial charge is 0.459 e. The number of nitrogens with one attached hydrogen (secondary N) is 1. The van der Waals surface area contributed by atoms with Crippen molar-refractivity contribution >= 4 is 61.5 Å². The zero-order valence-electron chi connectivity index (χ0n) is 15.2. The number of nitrogens with zero attached hydrogens (tertiary/aromatic N) is 4. The van der Waals surface area contributed by atoms with E-state index in [2.05, 4.69) is 51.6 Å². The van der Waals surface area contributed by atoms with Gasteiger partial charge >= 0.3 is 0 Å². The van der Waals surface area contributed by atoms with Crippen LogP contribution in [0.25, 0.3) is 15.7 Å². The molecular weight excluding hydrogens is 413 g/mol. The van der Waals surface area contributed by atoms with E-state index in [1.165, 1.54) is 17.7 Å². The second-order valence-corrected chi connectivity index (χ2v) is 8.12. The predicted octanol–water partition coefficient (Wildman–Crippen LogP) is 6.96. The van der Waals surface area contributed by atoms with Gasteiger partial charge in [-0.2, -0.15) is 0 Å². The Labute approximate surface area is 176 Å². The summed E-state index contributed by atoms with van der Waals surface area (Å²) in [6.45, 7) is 4.57. The van der Waals surface area contributed by atoms with Crippen molar-refractivity contribution in [2.75, 3.05) is 5.32 Å². The minimum Gasteiger partial charge on any atom is -0.459 e. The van der Waals surface area contributed by atoms with Crippen LogP contribution in [0, 0.1) is 13.8 Å². The van der Waals surface area contributed by atoms with Crippen LogP contribution in [0.2, 0.25) is 10.0 Å². The number of hydrogen-bond donors (Lipinski definition) is 1. The lowest BCUT2D eigenvalue weighted by molar-refractivity contribution is 1.15. The second-order valence-electron chi connectivity index (χ2n) is 6.33. The topological polar surface area (TPSA) is 64.8 Å². The highest BCUT2D eigenvalue weighted by Crippen LogP contribution is 2.35. The molecule has 8 heteroatoms. The summed E-state index contributed by atoms with van der Waals surface area (Å²) >= 11 is 13.5. The predicted molar refractivity (Wildman–Crippen MR) is 118 cm³/mol. The molecule has 4 rings (SSSR count). The Morgan fingerprint density at radius 3 is 2.57 bits per heavy atom. The monoisotopic (exact) mass is 428 g/mol. The number of halogens is 2. The van der Waals surface area contributed by atoms with Gasteiger partial charge in [0.1, 0.15) is 10.3 Å². The molecule has 0 amide bonds. The molecule has 0 aliphatic carbocycles. The molecule has 0 aliphatic heterocycles. The van der Waals surface area contributed by atoms with Crippen LogP contribution in [0.15, 0.2) is 42.7 Å². The molecule has 0 saturated heterocycles. The summed E-state index contributed by atoms with van der Waals surface area (Å²) in [5, 5.41) is 9.80. The number of aryl methyl sites for hydroxylation is 2. The van der Waals surface area contributed by atoms with E-state index >= 15 is 0 Å². The number of para-hydroxylation sites is 1. The van der Waals surface area contributed by atoms with Crippen LogP contribution in [0.3, 0.4) is 0 Å². The molecule has 0 unspecified atom stereocenters. The normalized spacial score (nSPS) is 11.0. The quantitative estimate of drug-likeness (QED) is 0.373. The molecule has 1 N–H and O–H groups in total. The third kappa shape index (κ3) is 3.90. The van der Waals surface area contributed by atoms with E-state index < -0.39 is 0 Å². The first-order chi connectivity index (χ1) is 13.5. The van der Waals surface area contributed by atoms with Gasteiger partial charge in [0.25, 0.3) is 0 Å². The van der Waals surface area contributed by atoms with Crippen LogP contribution in [0.4, 0.5) is 16.6 Å². The van der Waals surface area contributed by atoms with Crippen LogP contribution in [-0.4, -0.2) is 15.0 Å². The maximum absolute atomic E-state index is 6.08. The van der Waals surface area contributed by atoms with Crippen molar-refractivity contribution < 1.29 is 0 Å². The third-order valence-corrected chi connectivity index (χ3v) is 5.90. The van der Waals surface area contributed by atoms with Gasteiger partial charge in [-0.15, -0.1) is 0 Å². The average molecular weight is 429 g/mol. The van der Waals surface area contributed by atoms with Gasteiger partial charge < -0.3 is 15.6 Å². The van der Waals surface area contributed by atoms with Gasteiger partial charge in [-0.05, 0) is 55.0 Å². The number of anilines is 2. The average Bonchev–Trinajstić information content (AvgIpc) is 3.09. The number of fused-ring (bicyclic) bond motifs is 1. The second kappa shape index (κ2) is 7.91. The van der Waals surface area contributed by atoms with Gasteiger partial charge in [-0.1, -0.05) is 58.8 Å². The lowest BCUT2D eigenvalue weighted by Gasteiger charge is -2.15. The van der Waals surface area contributed by atoms with Gasteiger partial charge in [0.2, 0.25) is 0 Å². The molecule has 0 atom stereocenters. The van der Waals surface area contributed by atoms with Crippen molar-refractivity contribution in [3.63, 3.8) is 0 Å². The smallest absolute Gasteiger partial charge is 0.189 e. The standard InChI is InChI=1S/C20H16Cl2N5S/c1-11-4-3-5-12(2)16(11)26-20-27-17-18(24-10-25-19(17)28-20)23-9-13-6-7-14(21)15(22)8-13/h3-8,10H,9H2,1-2H3,(H-,23,24,25,26,27)/q-1. The van der Waals surface area contributed by atoms with E-state index in [0.717, 1.165) is 32.3 Å². The Balaban J connectivity index is 1.59. The van der Waals surface area contributed by atoms with Gasteiger partial charge in [-0.25, -0.2) is 9.97 Å². The summed E-state index contributed by atoms with van der Waals surface area (Å²) in [7, 11) is 0. The fourth-order valence-electron chi connectivity index (χ4n) is 2.83. The number of thiazole rings is 1. The Bertz CT molecular complexity index is 1140. The van der Waals surface area contributed by atoms with Crippen LogP contribution in [0.1, 0.15) is 16.7 Å². The molecule has 2 aromatic heterocycles. The number of benzene rings is 2. The van der Waals surface area contributed by atoms with E-state index in [4.69, 9.17) is 23.2 Å². The SMILES string of the molecule is Cc1cccc(C)c1Nc1nc2c([N-]Cc3ccc(Cl)c(Cl)c3)ncnc2s1. The Morgan fingerprint density at radius 1 is 1.04 bits per heavy atom. The first kappa shape index (κ1) is 18.9. The van der Waals surface area contributed by atoms with Crippen molar-refractivity contribution in [2.24, 2.45) is 0 Å². The van der Waals surface area contributed by atoms with Crippen LogP contribution in [0.5, 0.6) is 0 Å². The summed E-state index contributed by atoms with van der Waals surface area (Å²) in [4.78, 5) is 14.1. The number of aromatic nitrogens is 3. The lowest BCUT2D eigenvalue weighted by Crippen LogP contribution is -1.95. The van der Waals surface area contributed by atoms with Crippen molar-refractivity contribution in [3.05, 3.63) is 74.8 Å². The Kier molecular flexibility index (Phi) is 5.35. The molecule has 2 aromatic carbocycles. The summed E-state index contributed by atoms with van der Waals surface area (Å²) in [6, 6.07) is 11.6. The van der Waals surface area contributed by atoms with Gasteiger partial charge in [0.15, 0.2) is 5.13 Å². The molecule has 2 heterocycles. The van der Waals surface area contributed by atoms with Crippen molar-refractivity contribution in [1.29, 1.82) is 0 Å². The lowest BCUT2D eigenvalue weighted by atomic mass is 10.1. The highest BCUT2D eigenvalue weighted by molar-refractivity contribution is 7.21. The zero-order valence-corrected chi connectivity index (χ0v) is 17.5. The molecule has 0 aliphatic rings. The maximum Gasteiger partial charge on any atom is 0.189 e. The molecule has 0 spiro atoms. The first-order valence-electron chi connectivity index (χ1n) is 8.57. The fraction of sp³-hybridized carbons (Fsp3) is 0.150. The minimum absolute atomic E-state index is 0.431. The molecule has 4 aromatic rings. The fourth-order valence-corrected chi connectivity index (χ4v) is 3.96. The van der Waals surface area contributed by atoms with Gasteiger partial charge in [0.05, 0.1) is 10.0 Å². The third-order valence-electron chi connectivity index (χ3n) is 4.28. The Morgan fingerprint density at radius 2 is 1.82 bits per heavy atom. The number of hydrogen-bond acceptors (Lipinski definition) is 5. The van der Waals surface area contributed by atoms with Crippen molar-refractivity contribution in [2.45, 2.75) is 20.4 Å². The molecule has 28 heavy (non-hydrogen) atoms. The summed E-state index contributed by atoms with van der Waals surface area (Å²) in [5.74, 6) is 0.557. The van der Waals surface area contributed by atoms with E-state index in [9.17, 15) is 0 Å². The molecule has 0 saturated carbocycles. The van der Waals surface area contributed by atoms with E-state index in [0.29, 0.717) is 27.9 Å². The van der Waals surface area contributed by atoms with E-state index in [-0.39, 0.29) is 0 Å². The molecule has 5 nitrogen and oxygen atoms in total. The first-order valence-corrected chi connectivity index (χ1v) is 10.1. The summed E-state index contributed by atoms with van der Waals surface area (Å²) in [5.41, 5.74) is 5.01. The van der Waals surface area contributed by atoms with Gasteiger partial charge in [0, 0.05) is 12.0 Å².